The number of phosphoric acid groups is 1. The molecule has 1 unspecified atom stereocenters. The first-order valence-electron chi connectivity index (χ1n) is 4.62. The molecule has 0 aliphatic carbocycles. The Morgan fingerprint density at radius 2 is 1.87 bits per heavy atom. The number of hydrogen-bond donors (Lipinski definition) is 5. The summed E-state index contributed by atoms with van der Waals surface area (Å²) in [6, 6.07) is 0. The Hall–Kier alpha value is -0.0500. The van der Waals surface area contributed by atoms with Crippen LogP contribution in [0.15, 0.2) is 0 Å². The summed E-state index contributed by atoms with van der Waals surface area (Å²) in [6.45, 7) is -2.41. The number of aliphatic hydroxyl groups is 3. The lowest BCUT2D eigenvalue weighted by Gasteiger charge is -2.14. The highest BCUT2D eigenvalue weighted by molar-refractivity contribution is 7.46. The zero-order valence-corrected chi connectivity index (χ0v) is 8.40. The van der Waals surface area contributed by atoms with Gasteiger partial charge in [-0.05, 0) is 0 Å². The van der Waals surface area contributed by atoms with E-state index < -0.39 is 45.4 Å². The lowest BCUT2D eigenvalue weighted by Crippen LogP contribution is -2.35. The van der Waals surface area contributed by atoms with Gasteiger partial charge in [0, 0.05) is 0 Å². The minimum absolute atomic E-state index is 0.647. The van der Waals surface area contributed by atoms with E-state index in [9.17, 15) is 14.8 Å². The van der Waals surface area contributed by atoms with Gasteiger partial charge in [-0.15, -0.1) is 0 Å². The molecule has 0 aromatic heterocycles. The Labute approximate surface area is 86.7 Å². The smallest absolute Gasteiger partial charge is 0.394 e. The van der Waals surface area contributed by atoms with E-state index in [-0.39, 0.29) is 0 Å². The Bertz CT molecular complexity index is 280. The van der Waals surface area contributed by atoms with Gasteiger partial charge in [-0.25, -0.2) is 4.57 Å². The van der Waals surface area contributed by atoms with Crippen LogP contribution < -0.4 is 0 Å². The van der Waals surface area contributed by atoms with Gasteiger partial charge in [-0.1, -0.05) is 0 Å². The van der Waals surface area contributed by atoms with Crippen LogP contribution in [0.1, 0.15) is 1.37 Å². The van der Waals surface area contributed by atoms with Crippen molar-refractivity contribution < 1.29 is 40.3 Å². The summed E-state index contributed by atoms with van der Waals surface area (Å²) in [5.74, 6) is 0. The van der Waals surface area contributed by atoms with Gasteiger partial charge >= 0.3 is 7.82 Å². The molecule has 0 saturated carbocycles. The molecule has 1 fully saturated rings. The SMILES string of the molecule is [3H]C(O)[C@@H]1O[C@H](COP(=O)(O)O)[C@@H](O)[C@@H]1O. The molecule has 1 heterocycles. The first-order chi connectivity index (χ1) is 7.22. The van der Waals surface area contributed by atoms with Crippen molar-refractivity contribution in [3.63, 3.8) is 0 Å². The second-order valence-electron chi connectivity index (χ2n) is 3.06. The molecule has 5 atom stereocenters. The fourth-order valence-electron chi connectivity index (χ4n) is 1.21. The molecule has 0 spiro atoms. The van der Waals surface area contributed by atoms with Crippen LogP contribution in [0.25, 0.3) is 0 Å². The molecule has 0 bridgehead atoms. The topological polar surface area (TPSA) is 137 Å². The maximum Gasteiger partial charge on any atom is 0.469 e. The summed E-state index contributed by atoms with van der Waals surface area (Å²) in [4.78, 5) is 16.8. The van der Waals surface area contributed by atoms with Crippen molar-refractivity contribution in [1.82, 2.24) is 0 Å². The molecule has 1 aliphatic rings. The van der Waals surface area contributed by atoms with Gasteiger partial charge in [0.15, 0.2) is 0 Å². The van der Waals surface area contributed by atoms with E-state index in [0.29, 0.717) is 0 Å². The first kappa shape index (κ1) is 11.4. The molecule has 90 valence electrons. The monoisotopic (exact) mass is 246 g/mol. The molecule has 0 amide bonds. The summed E-state index contributed by atoms with van der Waals surface area (Å²) >= 11 is 0. The highest BCUT2D eigenvalue weighted by Crippen LogP contribution is 2.37. The van der Waals surface area contributed by atoms with Crippen LogP contribution in [0.5, 0.6) is 0 Å². The van der Waals surface area contributed by atoms with Crippen LogP contribution in [0.3, 0.4) is 0 Å². The van der Waals surface area contributed by atoms with Gasteiger partial charge in [0.2, 0.25) is 0 Å². The van der Waals surface area contributed by atoms with Crippen LogP contribution in [-0.2, 0) is 13.8 Å². The molecular weight excluding hydrogens is 231 g/mol. The van der Waals surface area contributed by atoms with Gasteiger partial charge in [0.05, 0.1) is 14.6 Å². The molecule has 15 heavy (non-hydrogen) atoms. The van der Waals surface area contributed by atoms with E-state index in [0.717, 1.165) is 0 Å². The lowest BCUT2D eigenvalue weighted by atomic mass is 10.1. The third-order valence-electron chi connectivity index (χ3n) is 1.95. The van der Waals surface area contributed by atoms with E-state index >= 15 is 0 Å². The summed E-state index contributed by atoms with van der Waals surface area (Å²) in [7, 11) is -4.69. The van der Waals surface area contributed by atoms with E-state index in [1.54, 1.807) is 0 Å². The molecule has 0 aromatic rings. The minimum Gasteiger partial charge on any atom is -0.394 e. The third kappa shape index (κ3) is 3.47. The molecule has 5 N–H and O–H groups in total. The quantitative estimate of drug-likeness (QED) is 0.345. The van der Waals surface area contributed by atoms with Crippen molar-refractivity contribution >= 4 is 7.82 Å². The maximum absolute atomic E-state index is 10.4. The first-order valence-corrected chi connectivity index (χ1v) is 5.57. The standard InChI is InChI=1S/C6H13O8P/c7-1-3-5(8)6(9)4(14-3)2-13-15(10,11)12/h3-9H,1-2H2,(H2,10,11,12)/t3-,4+,5+,6+/m0/s1/i1T/t1?,3-,4+,5+,6+. The van der Waals surface area contributed by atoms with Crippen LogP contribution in [-0.4, -0.2) is 62.7 Å². The molecule has 0 radical (unpaired) electrons. The fraction of sp³-hybridized carbons (Fsp3) is 1.00. The minimum atomic E-state index is -4.69. The summed E-state index contributed by atoms with van der Waals surface area (Å²) in [5, 5.41) is 27.6. The van der Waals surface area contributed by atoms with Crippen LogP contribution in [0, 0.1) is 0 Å². The summed E-state index contributed by atoms with van der Waals surface area (Å²) in [6.07, 6.45) is -5.51. The highest BCUT2D eigenvalue weighted by Gasteiger charge is 2.43. The normalized spacial score (nSPS) is 40.2. The third-order valence-corrected chi connectivity index (χ3v) is 2.44. The predicted octanol–water partition coefficient (Wildman–Crippen LogP) is -2.42. The Kier molecular flexibility index (Phi) is 3.70. The molecule has 9 heteroatoms. The van der Waals surface area contributed by atoms with Crippen LogP contribution >= 0.6 is 7.82 Å². The molecule has 1 aliphatic heterocycles. The number of aliphatic hydroxyl groups excluding tert-OH is 3. The van der Waals surface area contributed by atoms with Gasteiger partial charge in [-0.2, -0.15) is 0 Å². The van der Waals surface area contributed by atoms with Crippen LogP contribution in [0.4, 0.5) is 0 Å². The second kappa shape index (κ2) is 4.86. The zero-order chi connectivity index (χ0) is 12.5. The molecular formula is C6H13O8P. The van der Waals surface area contributed by atoms with Crippen molar-refractivity contribution in [3.05, 3.63) is 0 Å². The van der Waals surface area contributed by atoms with Crippen molar-refractivity contribution in [2.24, 2.45) is 0 Å². The van der Waals surface area contributed by atoms with Gasteiger partial charge in [-0.3, -0.25) is 4.52 Å². The van der Waals surface area contributed by atoms with Crippen molar-refractivity contribution in [2.75, 3.05) is 13.2 Å². The van der Waals surface area contributed by atoms with Gasteiger partial charge < -0.3 is 29.8 Å². The Morgan fingerprint density at radius 3 is 2.27 bits per heavy atom. The molecule has 1 saturated heterocycles. The predicted molar refractivity (Wildman–Crippen MR) is 45.8 cm³/mol. The van der Waals surface area contributed by atoms with E-state index in [1.165, 1.54) is 0 Å². The second-order valence-corrected chi connectivity index (χ2v) is 4.30. The lowest BCUT2D eigenvalue weighted by molar-refractivity contribution is -0.0388. The highest BCUT2D eigenvalue weighted by atomic mass is 31.2. The molecule has 1 rings (SSSR count). The average molecular weight is 246 g/mol. The fourth-order valence-corrected chi connectivity index (χ4v) is 1.55. The zero-order valence-electron chi connectivity index (χ0n) is 8.50. The van der Waals surface area contributed by atoms with Gasteiger partial charge in [0.25, 0.3) is 0 Å². The number of hydrogen-bond acceptors (Lipinski definition) is 6. The number of ether oxygens (including phenoxy) is 1. The van der Waals surface area contributed by atoms with E-state index in [4.69, 9.17) is 21.0 Å². The molecule has 8 nitrogen and oxygen atoms in total. The van der Waals surface area contributed by atoms with E-state index in [2.05, 4.69) is 4.52 Å². The number of phosphoric ester groups is 1. The van der Waals surface area contributed by atoms with Crippen molar-refractivity contribution in [1.29, 1.82) is 0 Å². The van der Waals surface area contributed by atoms with Crippen LogP contribution in [0.2, 0.25) is 0 Å². The van der Waals surface area contributed by atoms with Crippen molar-refractivity contribution in [3.8, 4) is 0 Å². The van der Waals surface area contributed by atoms with Crippen molar-refractivity contribution in [2.45, 2.75) is 24.4 Å². The largest absolute Gasteiger partial charge is 0.469 e. The molecule has 0 aromatic carbocycles. The van der Waals surface area contributed by atoms with Gasteiger partial charge in [0.1, 0.15) is 24.4 Å². The average Bonchev–Trinajstić information content (AvgIpc) is 2.40. The number of rotatable bonds is 4. The Morgan fingerprint density at radius 1 is 1.33 bits per heavy atom. The summed E-state index contributed by atoms with van der Waals surface area (Å²) < 4.78 is 26.2. The maximum atomic E-state index is 10.4. The summed E-state index contributed by atoms with van der Waals surface area (Å²) in [5.41, 5.74) is 0. The van der Waals surface area contributed by atoms with E-state index in [1.807, 2.05) is 0 Å². The Balaban J connectivity index is 2.54.